The van der Waals surface area contributed by atoms with Crippen LogP contribution in [0.3, 0.4) is 0 Å². The lowest BCUT2D eigenvalue weighted by Crippen LogP contribution is -2.50. The maximum Gasteiger partial charge on any atom is 0.220 e. The van der Waals surface area contributed by atoms with Crippen LogP contribution in [0.15, 0.2) is 24.3 Å². The summed E-state index contributed by atoms with van der Waals surface area (Å²) in [5, 5.41) is 33.6. The van der Waals surface area contributed by atoms with Gasteiger partial charge in [0.15, 0.2) is 0 Å². The first-order valence-electron chi connectivity index (χ1n) is 27.6. The van der Waals surface area contributed by atoms with E-state index in [0.29, 0.717) is 12.8 Å². The van der Waals surface area contributed by atoms with Gasteiger partial charge in [0.25, 0.3) is 0 Å². The molecule has 61 heavy (non-hydrogen) atoms. The van der Waals surface area contributed by atoms with Gasteiger partial charge in [-0.3, -0.25) is 4.79 Å². The van der Waals surface area contributed by atoms with E-state index >= 15 is 0 Å². The van der Waals surface area contributed by atoms with Crippen LogP contribution in [0.5, 0.6) is 0 Å². The number of hydrogen-bond acceptors (Lipinski definition) is 4. The number of hydrogen-bond donors (Lipinski definition) is 4. The molecule has 3 atom stereocenters. The molecule has 0 aromatic heterocycles. The molecule has 0 radical (unpaired) electrons. The van der Waals surface area contributed by atoms with E-state index in [1.165, 1.54) is 231 Å². The zero-order chi connectivity index (χ0) is 44.4. The third kappa shape index (κ3) is 46.6. The molecule has 0 saturated carbocycles. The molecule has 0 aliphatic heterocycles. The number of carbonyl (C=O) groups is 1. The molecule has 0 aromatic rings. The first-order valence-corrected chi connectivity index (χ1v) is 27.6. The van der Waals surface area contributed by atoms with E-state index in [2.05, 4.69) is 43.5 Å². The monoisotopic (exact) mass is 860 g/mol. The van der Waals surface area contributed by atoms with Gasteiger partial charge in [-0.05, 0) is 51.4 Å². The molecule has 0 aromatic carbocycles. The van der Waals surface area contributed by atoms with Crippen molar-refractivity contribution in [2.45, 2.75) is 321 Å². The third-order valence-electron chi connectivity index (χ3n) is 13.0. The lowest BCUT2D eigenvalue weighted by molar-refractivity contribution is -0.124. The maximum absolute atomic E-state index is 12.5. The molecule has 362 valence electrons. The molecule has 0 heterocycles. The van der Waals surface area contributed by atoms with Gasteiger partial charge >= 0.3 is 0 Å². The highest BCUT2D eigenvalue weighted by Crippen LogP contribution is 2.18. The molecule has 0 bridgehead atoms. The quantitative estimate of drug-likeness (QED) is 0.0362. The van der Waals surface area contributed by atoms with Gasteiger partial charge in [-0.25, -0.2) is 0 Å². The summed E-state index contributed by atoms with van der Waals surface area (Å²) >= 11 is 0. The number of carbonyl (C=O) groups excluding carboxylic acids is 1. The molecular formula is C56H109NO4. The highest BCUT2D eigenvalue weighted by Gasteiger charge is 2.26. The summed E-state index contributed by atoms with van der Waals surface area (Å²) in [6.45, 7) is 4.19. The zero-order valence-electron chi connectivity index (χ0n) is 41.3. The average Bonchev–Trinajstić information content (AvgIpc) is 3.26. The summed E-state index contributed by atoms with van der Waals surface area (Å²) < 4.78 is 0. The van der Waals surface area contributed by atoms with Crippen molar-refractivity contribution >= 4 is 5.91 Å². The predicted octanol–water partition coefficient (Wildman–Crippen LogP) is 16.9. The first-order chi connectivity index (χ1) is 30.1. The summed E-state index contributed by atoms with van der Waals surface area (Å²) in [5.74, 6) is -0.153. The molecule has 5 nitrogen and oxygen atoms in total. The number of allylic oxidation sites excluding steroid dienone is 4. The van der Waals surface area contributed by atoms with Gasteiger partial charge in [0, 0.05) is 6.42 Å². The van der Waals surface area contributed by atoms with E-state index < -0.39 is 18.2 Å². The van der Waals surface area contributed by atoms with Crippen molar-refractivity contribution in [3.8, 4) is 0 Å². The van der Waals surface area contributed by atoms with E-state index in [-0.39, 0.29) is 12.5 Å². The standard InChI is InChI=1S/C56H109NO4/c1-3-5-7-9-11-13-15-17-19-21-22-23-24-25-26-27-28-29-30-31-32-33-34-35-37-39-41-43-45-47-49-51-55(60)57-53(52-58)56(61)54(59)50-48-46-44-42-40-38-36-20-18-16-14-12-10-8-6-4-2/h20,36,42,44,53-54,56,58-59,61H,3-19,21-35,37-41,43,45-52H2,1-2H3,(H,57,60)/b36-20+,44-42+. The summed E-state index contributed by atoms with van der Waals surface area (Å²) in [6, 6.07) is -0.829. The molecule has 0 saturated heterocycles. The Morgan fingerprint density at radius 3 is 1.00 bits per heavy atom. The van der Waals surface area contributed by atoms with Crippen molar-refractivity contribution in [1.82, 2.24) is 5.32 Å². The van der Waals surface area contributed by atoms with Gasteiger partial charge in [-0.2, -0.15) is 0 Å². The normalized spacial score (nSPS) is 13.5. The molecule has 0 aliphatic carbocycles. The van der Waals surface area contributed by atoms with Gasteiger partial charge < -0.3 is 20.6 Å². The van der Waals surface area contributed by atoms with Crippen LogP contribution >= 0.6 is 0 Å². The van der Waals surface area contributed by atoms with Crippen molar-refractivity contribution in [1.29, 1.82) is 0 Å². The van der Waals surface area contributed by atoms with Crippen molar-refractivity contribution in [2.24, 2.45) is 0 Å². The lowest BCUT2D eigenvalue weighted by atomic mass is 10.0. The highest BCUT2D eigenvalue weighted by molar-refractivity contribution is 5.76. The van der Waals surface area contributed by atoms with Crippen LogP contribution in [0, 0.1) is 0 Å². The average molecular weight is 860 g/mol. The second-order valence-corrected chi connectivity index (χ2v) is 19.1. The lowest BCUT2D eigenvalue weighted by Gasteiger charge is -2.26. The molecule has 0 spiro atoms. The van der Waals surface area contributed by atoms with Crippen molar-refractivity contribution < 1.29 is 20.1 Å². The Labute approximate surface area is 382 Å². The van der Waals surface area contributed by atoms with E-state index in [0.717, 1.165) is 44.9 Å². The largest absolute Gasteiger partial charge is 0.394 e. The Hall–Kier alpha value is -1.17. The van der Waals surface area contributed by atoms with Gasteiger partial charge in [0.1, 0.15) is 6.10 Å². The van der Waals surface area contributed by atoms with Crippen LogP contribution in [0.25, 0.3) is 0 Å². The van der Waals surface area contributed by atoms with Crippen molar-refractivity contribution in [3.63, 3.8) is 0 Å². The van der Waals surface area contributed by atoms with E-state index in [1.807, 2.05) is 0 Å². The van der Waals surface area contributed by atoms with E-state index in [4.69, 9.17) is 0 Å². The Bertz CT molecular complexity index is 905. The topological polar surface area (TPSA) is 89.8 Å². The molecule has 3 unspecified atom stereocenters. The Morgan fingerprint density at radius 2 is 0.672 bits per heavy atom. The smallest absolute Gasteiger partial charge is 0.220 e. The van der Waals surface area contributed by atoms with Crippen LogP contribution in [0.4, 0.5) is 0 Å². The number of rotatable bonds is 51. The number of nitrogens with one attached hydrogen (secondary N) is 1. The van der Waals surface area contributed by atoms with Crippen LogP contribution in [0.2, 0.25) is 0 Å². The second kappa shape index (κ2) is 51.5. The van der Waals surface area contributed by atoms with E-state index in [9.17, 15) is 20.1 Å². The van der Waals surface area contributed by atoms with Crippen LogP contribution < -0.4 is 5.32 Å². The second-order valence-electron chi connectivity index (χ2n) is 19.1. The van der Waals surface area contributed by atoms with Gasteiger partial charge in [0.05, 0.1) is 18.8 Å². The first kappa shape index (κ1) is 59.8. The molecule has 0 fully saturated rings. The molecule has 1 amide bonds. The molecular weight excluding hydrogens is 751 g/mol. The Balaban J connectivity index is 3.50. The number of unbranched alkanes of at least 4 members (excludes halogenated alkanes) is 39. The number of aliphatic hydroxyl groups excluding tert-OH is 3. The number of aliphatic hydroxyl groups is 3. The minimum atomic E-state index is -1.16. The zero-order valence-corrected chi connectivity index (χ0v) is 41.3. The maximum atomic E-state index is 12.5. The fourth-order valence-corrected chi connectivity index (χ4v) is 8.77. The number of amides is 1. The molecule has 0 aliphatic rings. The van der Waals surface area contributed by atoms with E-state index in [1.54, 1.807) is 0 Å². The minimum Gasteiger partial charge on any atom is -0.394 e. The minimum absolute atomic E-state index is 0.153. The SMILES string of the molecule is CCCCCCCCC/C=C/CC/C=C/CCCC(O)C(O)C(CO)NC(=O)CCCCCCCCCCCCCCCCCCCCCCCCCCCCCCCCC. The van der Waals surface area contributed by atoms with Crippen LogP contribution in [-0.2, 0) is 4.79 Å². The van der Waals surface area contributed by atoms with Gasteiger partial charge in [-0.15, -0.1) is 0 Å². The molecule has 5 heteroatoms. The molecule has 4 N–H and O–H groups in total. The van der Waals surface area contributed by atoms with Crippen LogP contribution in [-0.4, -0.2) is 46.1 Å². The fraction of sp³-hybridized carbons (Fsp3) is 0.911. The van der Waals surface area contributed by atoms with Crippen molar-refractivity contribution in [2.75, 3.05) is 6.61 Å². The molecule has 0 rings (SSSR count). The Morgan fingerprint density at radius 1 is 0.393 bits per heavy atom. The van der Waals surface area contributed by atoms with Gasteiger partial charge in [-0.1, -0.05) is 269 Å². The summed E-state index contributed by atoms with van der Waals surface area (Å²) in [7, 11) is 0. The van der Waals surface area contributed by atoms with Crippen LogP contribution in [0.1, 0.15) is 303 Å². The van der Waals surface area contributed by atoms with Crippen molar-refractivity contribution in [3.05, 3.63) is 24.3 Å². The van der Waals surface area contributed by atoms with Gasteiger partial charge in [0.2, 0.25) is 5.91 Å². The summed E-state index contributed by atoms with van der Waals surface area (Å²) in [5.41, 5.74) is 0. The third-order valence-corrected chi connectivity index (χ3v) is 13.0. The fourth-order valence-electron chi connectivity index (χ4n) is 8.77. The summed E-state index contributed by atoms with van der Waals surface area (Å²) in [4.78, 5) is 12.5. The highest BCUT2D eigenvalue weighted by atomic mass is 16.3. The predicted molar refractivity (Wildman–Crippen MR) is 268 cm³/mol. The summed E-state index contributed by atoms with van der Waals surface area (Å²) in [6.07, 6.45) is 64.8. The Kier molecular flexibility index (Phi) is 50.5.